The molecule has 0 saturated carbocycles. The van der Waals surface area contributed by atoms with E-state index in [0.717, 1.165) is 12.5 Å². The van der Waals surface area contributed by atoms with Crippen LogP contribution in [0.4, 0.5) is 0 Å². The van der Waals surface area contributed by atoms with Crippen LogP contribution in [0.3, 0.4) is 0 Å². The molecule has 0 aliphatic rings. The van der Waals surface area contributed by atoms with Crippen molar-refractivity contribution >= 4 is 58.8 Å². The largest absolute Gasteiger partial charge is 0.356 e. The summed E-state index contributed by atoms with van der Waals surface area (Å²) in [6, 6.07) is 11.2. The van der Waals surface area contributed by atoms with E-state index in [4.69, 9.17) is 11.6 Å². The van der Waals surface area contributed by atoms with E-state index in [1.807, 2.05) is 0 Å². The molecular weight excluding hydrogens is 483 g/mol. The number of guanidine groups is 1. The zero-order chi connectivity index (χ0) is 18.1. The lowest BCUT2D eigenvalue weighted by atomic mass is 10.1. The molecule has 1 amide bonds. The van der Waals surface area contributed by atoms with Crippen LogP contribution in [0.25, 0.3) is 0 Å². The van der Waals surface area contributed by atoms with Gasteiger partial charge in [0.05, 0.1) is 10.6 Å². The minimum absolute atomic E-state index is 0. The Morgan fingerprint density at radius 1 is 1.15 bits per heavy atom. The average Bonchev–Trinajstić information content (AvgIpc) is 3.16. The molecular formula is C18H24ClIN4OS. The Hall–Kier alpha value is -1.32. The van der Waals surface area contributed by atoms with Crippen LogP contribution in [0.5, 0.6) is 0 Å². The summed E-state index contributed by atoms with van der Waals surface area (Å²) in [4.78, 5) is 17.6. The van der Waals surface area contributed by atoms with Crippen molar-refractivity contribution in [2.24, 2.45) is 4.99 Å². The maximum atomic E-state index is 12.1. The quantitative estimate of drug-likeness (QED) is 0.232. The van der Waals surface area contributed by atoms with Gasteiger partial charge in [-0.3, -0.25) is 9.79 Å². The lowest BCUT2D eigenvalue weighted by Crippen LogP contribution is -2.42. The van der Waals surface area contributed by atoms with E-state index in [2.05, 4.69) is 45.4 Å². The Bertz CT molecular complexity index is 709. The summed E-state index contributed by atoms with van der Waals surface area (Å²) in [5.41, 5.74) is 0.483. The molecule has 5 nitrogen and oxygen atoms in total. The molecule has 1 heterocycles. The smallest absolute Gasteiger partial charge is 0.252 e. The maximum absolute atomic E-state index is 12.1. The van der Waals surface area contributed by atoms with E-state index < -0.39 is 0 Å². The Morgan fingerprint density at radius 3 is 2.54 bits per heavy atom. The van der Waals surface area contributed by atoms with Crippen molar-refractivity contribution in [3.05, 3.63) is 57.2 Å². The highest BCUT2D eigenvalue weighted by Crippen LogP contribution is 2.19. The first-order valence-electron chi connectivity index (χ1n) is 8.12. The van der Waals surface area contributed by atoms with Crippen LogP contribution in [0.2, 0.25) is 5.02 Å². The van der Waals surface area contributed by atoms with Gasteiger partial charge < -0.3 is 16.0 Å². The van der Waals surface area contributed by atoms with Gasteiger partial charge in [-0.25, -0.2) is 0 Å². The molecule has 0 saturated heterocycles. The number of rotatable bonds is 7. The van der Waals surface area contributed by atoms with Gasteiger partial charge >= 0.3 is 0 Å². The molecule has 0 fully saturated rings. The Morgan fingerprint density at radius 2 is 1.88 bits per heavy atom. The summed E-state index contributed by atoms with van der Waals surface area (Å²) in [5, 5.41) is 11.9. The van der Waals surface area contributed by atoms with Gasteiger partial charge in [-0.2, -0.15) is 0 Å². The van der Waals surface area contributed by atoms with Gasteiger partial charge in [-0.15, -0.1) is 35.3 Å². The monoisotopic (exact) mass is 506 g/mol. The molecule has 0 bridgehead atoms. The molecule has 2 rings (SSSR count). The summed E-state index contributed by atoms with van der Waals surface area (Å²) in [6.45, 7) is 4.02. The number of benzene rings is 1. The van der Waals surface area contributed by atoms with Crippen molar-refractivity contribution in [3.63, 3.8) is 0 Å². The van der Waals surface area contributed by atoms with Crippen LogP contribution in [-0.4, -0.2) is 38.5 Å². The van der Waals surface area contributed by atoms with Crippen LogP contribution < -0.4 is 16.0 Å². The highest BCUT2D eigenvalue weighted by Gasteiger charge is 2.09. The molecule has 0 aliphatic heterocycles. The number of hydrogen-bond acceptors (Lipinski definition) is 3. The third-order valence-electron chi connectivity index (χ3n) is 3.65. The first-order valence-corrected chi connectivity index (χ1v) is 9.38. The Labute approximate surface area is 180 Å². The van der Waals surface area contributed by atoms with Gasteiger partial charge in [0, 0.05) is 37.5 Å². The summed E-state index contributed by atoms with van der Waals surface area (Å²) in [7, 11) is 1.73. The van der Waals surface area contributed by atoms with Crippen molar-refractivity contribution in [3.8, 4) is 0 Å². The number of aliphatic imine (C=N–C) groups is 1. The SMILES string of the molecule is CN=C(NCCNC(=O)c1ccccc1Cl)NCC(C)c1cccs1.I. The van der Waals surface area contributed by atoms with Gasteiger partial charge in [0.15, 0.2) is 5.96 Å². The molecule has 1 atom stereocenters. The van der Waals surface area contributed by atoms with E-state index in [0.29, 0.717) is 29.6 Å². The van der Waals surface area contributed by atoms with Gasteiger partial charge in [-0.05, 0) is 23.6 Å². The van der Waals surface area contributed by atoms with Gasteiger partial charge in [0.25, 0.3) is 5.91 Å². The number of carbonyl (C=O) groups excluding carboxylic acids is 1. The van der Waals surface area contributed by atoms with Crippen molar-refractivity contribution in [2.45, 2.75) is 12.8 Å². The zero-order valence-electron chi connectivity index (χ0n) is 14.8. The number of amides is 1. The second-order valence-electron chi connectivity index (χ2n) is 5.53. The van der Waals surface area contributed by atoms with Crippen LogP contribution >= 0.6 is 46.9 Å². The third-order valence-corrected chi connectivity index (χ3v) is 5.08. The first-order chi connectivity index (χ1) is 12.1. The molecule has 2 aromatic rings. The number of thiophene rings is 1. The van der Waals surface area contributed by atoms with Crippen LogP contribution in [0.1, 0.15) is 28.1 Å². The minimum Gasteiger partial charge on any atom is -0.356 e. The average molecular weight is 507 g/mol. The normalized spacial score (nSPS) is 12.0. The van der Waals surface area contributed by atoms with Crippen LogP contribution in [0.15, 0.2) is 46.8 Å². The van der Waals surface area contributed by atoms with Gasteiger partial charge in [0.2, 0.25) is 0 Å². The lowest BCUT2D eigenvalue weighted by Gasteiger charge is -2.15. The molecule has 1 aromatic heterocycles. The standard InChI is InChI=1S/C18H23ClN4OS.HI/c1-13(16-8-5-11-25-16)12-23-18(20-2)22-10-9-21-17(24)14-6-3-4-7-15(14)19;/h3-8,11,13H,9-10,12H2,1-2H3,(H,21,24)(H2,20,22,23);1H. The van der Waals surface area contributed by atoms with Gasteiger partial charge in [0.1, 0.15) is 0 Å². The summed E-state index contributed by atoms with van der Waals surface area (Å²) in [5.74, 6) is 0.954. The Balaban J connectivity index is 0.00000338. The first kappa shape index (κ1) is 22.7. The molecule has 142 valence electrons. The number of nitrogens with zero attached hydrogens (tertiary/aromatic N) is 1. The van der Waals surface area contributed by atoms with E-state index in [1.165, 1.54) is 4.88 Å². The predicted molar refractivity (Wildman–Crippen MR) is 121 cm³/mol. The summed E-state index contributed by atoms with van der Waals surface area (Å²) >= 11 is 7.77. The number of halogens is 2. The number of nitrogens with one attached hydrogen (secondary N) is 3. The van der Waals surface area contributed by atoms with Crippen molar-refractivity contribution in [2.75, 3.05) is 26.7 Å². The lowest BCUT2D eigenvalue weighted by molar-refractivity contribution is 0.0954. The fourth-order valence-electron chi connectivity index (χ4n) is 2.24. The second kappa shape index (κ2) is 12.1. The topological polar surface area (TPSA) is 65.5 Å². The summed E-state index contributed by atoms with van der Waals surface area (Å²) < 4.78 is 0. The van der Waals surface area contributed by atoms with E-state index >= 15 is 0 Å². The molecule has 0 spiro atoms. The van der Waals surface area contributed by atoms with Crippen molar-refractivity contribution in [1.29, 1.82) is 0 Å². The highest BCUT2D eigenvalue weighted by molar-refractivity contribution is 14.0. The number of hydrogen-bond donors (Lipinski definition) is 3. The second-order valence-corrected chi connectivity index (χ2v) is 6.92. The molecule has 1 unspecified atom stereocenters. The molecule has 0 aliphatic carbocycles. The predicted octanol–water partition coefficient (Wildman–Crippen LogP) is 3.72. The zero-order valence-corrected chi connectivity index (χ0v) is 18.7. The van der Waals surface area contributed by atoms with E-state index in [1.54, 1.807) is 42.6 Å². The molecule has 3 N–H and O–H groups in total. The van der Waals surface area contributed by atoms with E-state index in [-0.39, 0.29) is 29.9 Å². The molecule has 0 radical (unpaired) electrons. The minimum atomic E-state index is -0.179. The van der Waals surface area contributed by atoms with E-state index in [9.17, 15) is 4.79 Å². The van der Waals surface area contributed by atoms with Crippen LogP contribution in [-0.2, 0) is 0 Å². The maximum Gasteiger partial charge on any atom is 0.252 e. The number of carbonyl (C=O) groups is 1. The summed E-state index contributed by atoms with van der Waals surface area (Å²) in [6.07, 6.45) is 0. The van der Waals surface area contributed by atoms with Crippen molar-refractivity contribution < 1.29 is 4.79 Å². The highest BCUT2D eigenvalue weighted by atomic mass is 127. The molecule has 8 heteroatoms. The van der Waals surface area contributed by atoms with Crippen molar-refractivity contribution in [1.82, 2.24) is 16.0 Å². The fourth-order valence-corrected chi connectivity index (χ4v) is 3.25. The van der Waals surface area contributed by atoms with Gasteiger partial charge in [-0.1, -0.05) is 36.7 Å². The third kappa shape index (κ3) is 7.13. The molecule has 1 aromatic carbocycles. The Kier molecular flexibility index (Phi) is 10.6. The van der Waals surface area contributed by atoms with Crippen LogP contribution in [0, 0.1) is 0 Å². The fraction of sp³-hybridized carbons (Fsp3) is 0.333. The molecule has 26 heavy (non-hydrogen) atoms.